The molecule has 18 heavy (non-hydrogen) atoms. The molecule has 0 radical (unpaired) electrons. The maximum absolute atomic E-state index is 11.9. The lowest BCUT2D eigenvalue weighted by atomic mass is 10.1. The molecule has 1 heterocycles. The van der Waals surface area contributed by atoms with E-state index in [2.05, 4.69) is 4.74 Å². The van der Waals surface area contributed by atoms with Crippen molar-refractivity contribution in [1.82, 2.24) is 4.90 Å². The zero-order valence-corrected chi connectivity index (χ0v) is 10.7. The third kappa shape index (κ3) is 1.85. The minimum absolute atomic E-state index is 0.0439. The Morgan fingerprint density at radius 2 is 1.61 bits per heavy atom. The smallest absolute Gasteiger partial charge is 0.424 e. The SMILES string of the molecule is CCOC(=O)N1C(=O)c2cc(Cl)c(Cl)cc2C1=O. The van der Waals surface area contributed by atoms with Gasteiger partial charge in [0.05, 0.1) is 27.8 Å². The second kappa shape index (κ2) is 4.59. The van der Waals surface area contributed by atoms with E-state index in [4.69, 9.17) is 23.2 Å². The number of ether oxygens (including phenoxy) is 1. The summed E-state index contributed by atoms with van der Waals surface area (Å²) in [4.78, 5) is 35.7. The van der Waals surface area contributed by atoms with E-state index in [9.17, 15) is 14.4 Å². The van der Waals surface area contributed by atoms with Crippen LogP contribution in [0.5, 0.6) is 0 Å². The van der Waals surface area contributed by atoms with E-state index in [1.165, 1.54) is 12.1 Å². The maximum Gasteiger partial charge on any atom is 0.424 e. The van der Waals surface area contributed by atoms with Crippen LogP contribution in [0, 0.1) is 0 Å². The van der Waals surface area contributed by atoms with Crippen LogP contribution in [0.4, 0.5) is 4.79 Å². The second-order valence-electron chi connectivity index (χ2n) is 3.46. The molecule has 0 saturated heterocycles. The number of amides is 3. The lowest BCUT2D eigenvalue weighted by Gasteiger charge is -2.10. The van der Waals surface area contributed by atoms with Crippen molar-refractivity contribution < 1.29 is 19.1 Å². The number of hydrogen-bond acceptors (Lipinski definition) is 4. The Hall–Kier alpha value is -1.59. The number of carbonyl (C=O) groups excluding carboxylic acids is 3. The molecule has 0 atom stereocenters. The van der Waals surface area contributed by atoms with E-state index in [0.717, 1.165) is 0 Å². The van der Waals surface area contributed by atoms with Crippen LogP contribution >= 0.6 is 23.2 Å². The summed E-state index contributed by atoms with van der Waals surface area (Å²) in [6.07, 6.45) is -1.00. The Bertz CT molecular complexity index is 529. The van der Waals surface area contributed by atoms with Crippen molar-refractivity contribution in [2.75, 3.05) is 6.61 Å². The van der Waals surface area contributed by atoms with Crippen LogP contribution in [0.1, 0.15) is 27.6 Å². The molecule has 0 aromatic heterocycles. The van der Waals surface area contributed by atoms with Crippen LogP contribution < -0.4 is 0 Å². The van der Waals surface area contributed by atoms with Crippen LogP contribution in [-0.2, 0) is 4.74 Å². The molecule has 3 amide bonds. The summed E-state index contributed by atoms with van der Waals surface area (Å²) in [6, 6.07) is 2.53. The first-order valence-corrected chi connectivity index (χ1v) is 5.77. The quantitative estimate of drug-likeness (QED) is 0.745. The first kappa shape index (κ1) is 12.9. The van der Waals surface area contributed by atoms with Gasteiger partial charge in [-0.1, -0.05) is 23.2 Å². The lowest BCUT2D eigenvalue weighted by Crippen LogP contribution is -2.36. The Morgan fingerprint density at radius 1 is 1.17 bits per heavy atom. The number of halogens is 2. The highest BCUT2D eigenvalue weighted by Crippen LogP contribution is 2.31. The first-order chi connectivity index (χ1) is 8.47. The van der Waals surface area contributed by atoms with Crippen molar-refractivity contribution >= 4 is 41.1 Å². The minimum Gasteiger partial charge on any atom is -0.449 e. The second-order valence-corrected chi connectivity index (χ2v) is 4.27. The van der Waals surface area contributed by atoms with Crippen molar-refractivity contribution in [3.05, 3.63) is 33.3 Å². The summed E-state index contributed by atoms with van der Waals surface area (Å²) in [7, 11) is 0. The van der Waals surface area contributed by atoms with Crippen molar-refractivity contribution in [2.24, 2.45) is 0 Å². The fourth-order valence-electron chi connectivity index (χ4n) is 1.59. The molecule has 1 aliphatic rings. The van der Waals surface area contributed by atoms with Gasteiger partial charge in [0.1, 0.15) is 0 Å². The molecule has 0 fully saturated rings. The summed E-state index contributed by atoms with van der Waals surface area (Å²) in [5.41, 5.74) is 0.0879. The minimum atomic E-state index is -1.00. The van der Waals surface area contributed by atoms with Gasteiger partial charge in [0.25, 0.3) is 11.8 Å². The lowest BCUT2D eigenvalue weighted by molar-refractivity contribution is 0.0596. The summed E-state index contributed by atoms with van der Waals surface area (Å²) < 4.78 is 4.64. The molecule has 0 spiro atoms. The molecule has 0 N–H and O–H groups in total. The zero-order chi connectivity index (χ0) is 13.4. The van der Waals surface area contributed by atoms with Gasteiger partial charge in [-0.25, -0.2) is 4.79 Å². The van der Waals surface area contributed by atoms with E-state index in [-0.39, 0.29) is 27.8 Å². The average Bonchev–Trinajstić information content (AvgIpc) is 2.53. The fourth-order valence-corrected chi connectivity index (χ4v) is 1.92. The molecule has 94 valence electrons. The van der Waals surface area contributed by atoms with Crippen molar-refractivity contribution in [3.63, 3.8) is 0 Å². The summed E-state index contributed by atoms with van der Waals surface area (Å²) in [5, 5.41) is 0.282. The van der Waals surface area contributed by atoms with Crippen molar-refractivity contribution in [1.29, 1.82) is 0 Å². The van der Waals surface area contributed by atoms with Crippen molar-refractivity contribution in [3.8, 4) is 0 Å². The van der Waals surface area contributed by atoms with E-state index in [1.54, 1.807) is 6.92 Å². The highest BCUT2D eigenvalue weighted by Gasteiger charge is 2.41. The zero-order valence-electron chi connectivity index (χ0n) is 9.20. The maximum atomic E-state index is 11.9. The summed E-state index contributed by atoms with van der Waals surface area (Å²) in [6.45, 7) is 1.64. The van der Waals surface area contributed by atoms with Gasteiger partial charge < -0.3 is 4.74 Å². The average molecular weight is 288 g/mol. The van der Waals surface area contributed by atoms with Crippen LogP contribution in [0.2, 0.25) is 10.0 Å². The molecule has 5 nitrogen and oxygen atoms in total. The molecule has 1 aliphatic heterocycles. The standard InChI is InChI=1S/C11H7Cl2NO4/c1-2-18-11(17)14-9(15)5-3-7(12)8(13)4-6(5)10(14)16/h3-4H,2H2,1H3. The van der Waals surface area contributed by atoms with E-state index in [0.29, 0.717) is 4.90 Å². The van der Waals surface area contributed by atoms with Gasteiger partial charge in [0.15, 0.2) is 0 Å². The number of rotatable bonds is 1. The predicted octanol–water partition coefficient (Wildman–Crippen LogP) is 2.75. The fraction of sp³-hybridized carbons (Fsp3) is 0.182. The van der Waals surface area contributed by atoms with Crippen LogP contribution in [0.15, 0.2) is 12.1 Å². The van der Waals surface area contributed by atoms with Crippen LogP contribution in [-0.4, -0.2) is 29.4 Å². The number of imide groups is 3. The first-order valence-electron chi connectivity index (χ1n) is 5.02. The molecule has 0 aliphatic carbocycles. The Morgan fingerprint density at radius 3 is 2.00 bits per heavy atom. The number of fused-ring (bicyclic) bond motifs is 1. The topological polar surface area (TPSA) is 63.7 Å². The molecular weight excluding hydrogens is 281 g/mol. The highest BCUT2D eigenvalue weighted by molar-refractivity contribution is 6.43. The van der Waals surface area contributed by atoms with Crippen molar-refractivity contribution in [2.45, 2.75) is 6.92 Å². The van der Waals surface area contributed by atoms with Gasteiger partial charge in [-0.05, 0) is 19.1 Å². The van der Waals surface area contributed by atoms with Gasteiger partial charge in [-0.2, -0.15) is 4.90 Å². The van der Waals surface area contributed by atoms with E-state index < -0.39 is 17.9 Å². The monoisotopic (exact) mass is 287 g/mol. The molecule has 0 saturated carbocycles. The Labute approximate surface area is 112 Å². The van der Waals surface area contributed by atoms with Gasteiger partial charge in [-0.15, -0.1) is 0 Å². The van der Waals surface area contributed by atoms with Crippen LogP contribution in [0.25, 0.3) is 0 Å². The molecular formula is C11H7Cl2NO4. The summed E-state index contributed by atoms with van der Waals surface area (Å²) in [5.74, 6) is -1.51. The largest absolute Gasteiger partial charge is 0.449 e. The molecule has 1 aromatic rings. The Kier molecular flexibility index (Phi) is 3.28. The van der Waals surface area contributed by atoms with Gasteiger partial charge >= 0.3 is 6.09 Å². The van der Waals surface area contributed by atoms with Crippen LogP contribution in [0.3, 0.4) is 0 Å². The highest BCUT2D eigenvalue weighted by atomic mass is 35.5. The molecule has 1 aromatic carbocycles. The summed E-state index contributed by atoms with van der Waals surface area (Å²) >= 11 is 11.5. The normalized spacial score (nSPS) is 13.8. The molecule has 0 bridgehead atoms. The molecule has 2 rings (SSSR count). The van der Waals surface area contributed by atoms with E-state index in [1.807, 2.05) is 0 Å². The molecule has 0 unspecified atom stereocenters. The van der Waals surface area contributed by atoms with Gasteiger partial charge in [0, 0.05) is 0 Å². The number of benzene rings is 1. The number of nitrogens with zero attached hydrogens (tertiary/aromatic N) is 1. The third-order valence-electron chi connectivity index (χ3n) is 2.38. The Balaban J connectivity index is 2.47. The predicted molar refractivity (Wildman–Crippen MR) is 64.0 cm³/mol. The number of hydrogen-bond donors (Lipinski definition) is 0. The van der Waals surface area contributed by atoms with Gasteiger partial charge in [-0.3, -0.25) is 9.59 Å². The third-order valence-corrected chi connectivity index (χ3v) is 3.10. The van der Waals surface area contributed by atoms with E-state index >= 15 is 0 Å². The number of carbonyl (C=O) groups is 3. The van der Waals surface area contributed by atoms with Gasteiger partial charge in [0.2, 0.25) is 0 Å². The molecule has 7 heteroatoms.